The second-order valence-electron chi connectivity index (χ2n) is 4.64. The maximum Gasteiger partial charge on any atom is 0.175 e. The van der Waals surface area contributed by atoms with Crippen LogP contribution in [0.25, 0.3) is 0 Å². The average Bonchev–Trinajstić information content (AvgIpc) is 3.02. The number of nitrogens with two attached hydrogens (primary N) is 1. The number of anilines is 1. The van der Waals surface area contributed by atoms with Gasteiger partial charge in [0.2, 0.25) is 0 Å². The van der Waals surface area contributed by atoms with E-state index < -0.39 is 0 Å². The van der Waals surface area contributed by atoms with Crippen molar-refractivity contribution in [1.82, 2.24) is 9.78 Å². The number of thiophene rings is 1. The van der Waals surface area contributed by atoms with E-state index in [9.17, 15) is 0 Å². The molecular weight excluding hydrogens is 274 g/mol. The van der Waals surface area contributed by atoms with Crippen molar-refractivity contribution in [3.8, 4) is 0 Å². The summed E-state index contributed by atoms with van der Waals surface area (Å²) in [5.41, 5.74) is 7.19. The van der Waals surface area contributed by atoms with E-state index in [4.69, 9.17) is 10.9 Å². The van der Waals surface area contributed by atoms with Crippen LogP contribution in [0.5, 0.6) is 0 Å². The van der Waals surface area contributed by atoms with Gasteiger partial charge in [0.1, 0.15) is 5.82 Å². The summed E-state index contributed by atoms with van der Waals surface area (Å²) in [5.74, 6) is 0.947. The molecule has 0 saturated heterocycles. The molecule has 0 saturated carbocycles. The Kier molecular flexibility index (Phi) is 4.29. The molecule has 0 aliphatic heterocycles. The minimum absolute atomic E-state index is 0.0913. The maximum atomic E-state index is 8.92. The highest BCUT2D eigenvalue weighted by Crippen LogP contribution is 2.22. The van der Waals surface area contributed by atoms with Gasteiger partial charge in [-0.2, -0.15) is 5.10 Å². The molecule has 6 nitrogen and oxygen atoms in total. The van der Waals surface area contributed by atoms with Crippen molar-refractivity contribution in [2.75, 3.05) is 18.5 Å². The summed E-state index contributed by atoms with van der Waals surface area (Å²) in [7, 11) is 3.84. The van der Waals surface area contributed by atoms with E-state index in [1.165, 1.54) is 4.88 Å². The smallest absolute Gasteiger partial charge is 0.175 e. The lowest BCUT2D eigenvalue weighted by molar-refractivity contribution is 0.318. The van der Waals surface area contributed by atoms with Gasteiger partial charge >= 0.3 is 0 Å². The molecule has 20 heavy (non-hydrogen) atoms. The number of hydrogen-bond acceptors (Lipinski definition) is 5. The topological polar surface area (TPSA) is 79.7 Å². The minimum Gasteiger partial charge on any atom is -0.409 e. The summed E-state index contributed by atoms with van der Waals surface area (Å²) in [5, 5.41) is 18.4. The Hall–Kier alpha value is -2.02. The monoisotopic (exact) mass is 293 g/mol. The maximum absolute atomic E-state index is 8.92. The minimum atomic E-state index is 0.0913. The molecule has 0 atom stereocenters. The zero-order valence-corrected chi connectivity index (χ0v) is 12.7. The Morgan fingerprint density at radius 3 is 2.95 bits per heavy atom. The molecule has 3 N–H and O–H groups in total. The Morgan fingerprint density at radius 1 is 1.60 bits per heavy atom. The van der Waals surface area contributed by atoms with E-state index in [0.29, 0.717) is 5.56 Å². The molecule has 0 spiro atoms. The van der Waals surface area contributed by atoms with Crippen LogP contribution in [-0.4, -0.2) is 34.4 Å². The van der Waals surface area contributed by atoms with Crippen LogP contribution in [0.1, 0.15) is 16.1 Å². The van der Waals surface area contributed by atoms with Gasteiger partial charge in [0, 0.05) is 25.5 Å². The van der Waals surface area contributed by atoms with E-state index in [0.717, 1.165) is 24.5 Å². The van der Waals surface area contributed by atoms with E-state index in [1.54, 1.807) is 16.0 Å². The van der Waals surface area contributed by atoms with Crippen molar-refractivity contribution < 1.29 is 5.21 Å². The molecule has 2 rings (SSSR count). The van der Waals surface area contributed by atoms with Gasteiger partial charge in [0.25, 0.3) is 0 Å². The zero-order valence-electron chi connectivity index (χ0n) is 11.9. The number of nitrogens with zero attached hydrogens (tertiary/aromatic N) is 4. The molecule has 0 aliphatic carbocycles. The highest BCUT2D eigenvalue weighted by Gasteiger charge is 2.20. The highest BCUT2D eigenvalue weighted by molar-refractivity contribution is 7.09. The van der Waals surface area contributed by atoms with Gasteiger partial charge in [0.15, 0.2) is 5.84 Å². The number of rotatable bonds is 5. The Balaban J connectivity index is 2.22. The summed E-state index contributed by atoms with van der Waals surface area (Å²) < 4.78 is 1.76. The predicted octanol–water partition coefficient (Wildman–Crippen LogP) is 1.56. The summed E-state index contributed by atoms with van der Waals surface area (Å²) in [6, 6.07) is 4.17. The molecule has 0 bridgehead atoms. The van der Waals surface area contributed by atoms with Gasteiger partial charge in [0.05, 0.1) is 11.3 Å². The predicted molar refractivity (Wildman–Crippen MR) is 81.7 cm³/mol. The number of likely N-dealkylation sites (N-methyl/N-ethyl adjacent to an activating group) is 1. The Morgan fingerprint density at radius 2 is 2.35 bits per heavy atom. The molecule has 0 aliphatic rings. The molecule has 108 valence electrons. The van der Waals surface area contributed by atoms with Crippen molar-refractivity contribution in [3.63, 3.8) is 0 Å². The third-order valence-corrected chi connectivity index (χ3v) is 4.13. The molecule has 2 aromatic rings. The lowest BCUT2D eigenvalue weighted by Gasteiger charge is -2.20. The number of oxime groups is 1. The standard InChI is InChI=1S/C13H19N5OS/c1-9-11(12(14)16-19)13(18(3)15-9)17(2)7-6-10-5-4-8-20-10/h4-5,8,19H,6-7H2,1-3H3,(H2,14,16). The molecule has 0 radical (unpaired) electrons. The van der Waals surface area contributed by atoms with Gasteiger partial charge < -0.3 is 15.8 Å². The normalized spacial score (nSPS) is 11.8. The molecule has 0 unspecified atom stereocenters. The van der Waals surface area contributed by atoms with Crippen LogP contribution in [0.2, 0.25) is 0 Å². The van der Waals surface area contributed by atoms with Crippen LogP contribution in [-0.2, 0) is 13.5 Å². The second kappa shape index (κ2) is 5.96. The lowest BCUT2D eigenvalue weighted by Crippen LogP contribution is -2.26. The van der Waals surface area contributed by atoms with Crippen molar-refractivity contribution in [3.05, 3.63) is 33.6 Å². The van der Waals surface area contributed by atoms with Crippen molar-refractivity contribution in [2.45, 2.75) is 13.3 Å². The molecule has 2 heterocycles. The van der Waals surface area contributed by atoms with E-state index in [1.807, 2.05) is 21.0 Å². The van der Waals surface area contributed by atoms with Crippen molar-refractivity contribution in [2.24, 2.45) is 17.9 Å². The molecule has 0 aromatic carbocycles. The van der Waals surface area contributed by atoms with Crippen LogP contribution in [0.15, 0.2) is 22.7 Å². The third-order valence-electron chi connectivity index (χ3n) is 3.19. The van der Waals surface area contributed by atoms with Gasteiger partial charge in [-0.1, -0.05) is 11.2 Å². The van der Waals surface area contributed by atoms with E-state index in [-0.39, 0.29) is 5.84 Å². The fraction of sp³-hybridized carbons (Fsp3) is 0.385. The molecule has 0 amide bonds. The quantitative estimate of drug-likeness (QED) is 0.379. The van der Waals surface area contributed by atoms with Gasteiger partial charge in [-0.05, 0) is 24.8 Å². The second-order valence-corrected chi connectivity index (χ2v) is 5.68. The van der Waals surface area contributed by atoms with Crippen LogP contribution in [0.4, 0.5) is 5.82 Å². The Bertz CT molecular complexity index is 603. The molecule has 0 fully saturated rings. The number of aryl methyl sites for hydroxylation is 2. The van der Waals surface area contributed by atoms with Crippen LogP contribution in [0.3, 0.4) is 0 Å². The first-order valence-corrected chi connectivity index (χ1v) is 7.17. The first-order chi connectivity index (χ1) is 9.54. The van der Waals surface area contributed by atoms with Crippen molar-refractivity contribution >= 4 is 23.0 Å². The van der Waals surface area contributed by atoms with E-state index in [2.05, 4.69) is 32.7 Å². The van der Waals surface area contributed by atoms with Gasteiger partial charge in [-0.3, -0.25) is 4.68 Å². The largest absolute Gasteiger partial charge is 0.409 e. The van der Waals surface area contributed by atoms with Gasteiger partial charge in [-0.25, -0.2) is 0 Å². The number of aromatic nitrogens is 2. The summed E-state index contributed by atoms with van der Waals surface area (Å²) in [6.07, 6.45) is 0.952. The van der Waals surface area contributed by atoms with Crippen LogP contribution in [0, 0.1) is 6.92 Å². The van der Waals surface area contributed by atoms with Crippen LogP contribution >= 0.6 is 11.3 Å². The SMILES string of the molecule is Cc1nn(C)c(N(C)CCc2cccs2)c1C(N)=NO. The first-order valence-electron chi connectivity index (χ1n) is 6.29. The number of amidine groups is 1. The molecular formula is C13H19N5OS. The highest BCUT2D eigenvalue weighted by atomic mass is 32.1. The lowest BCUT2D eigenvalue weighted by atomic mass is 10.2. The first kappa shape index (κ1) is 14.4. The summed E-state index contributed by atoms with van der Waals surface area (Å²) in [4.78, 5) is 3.41. The Labute approximate surface area is 122 Å². The molecule has 2 aromatic heterocycles. The van der Waals surface area contributed by atoms with Gasteiger partial charge in [-0.15, -0.1) is 11.3 Å². The zero-order chi connectivity index (χ0) is 14.7. The average molecular weight is 293 g/mol. The fourth-order valence-corrected chi connectivity index (χ4v) is 2.97. The third kappa shape index (κ3) is 2.77. The molecule has 7 heteroatoms. The summed E-state index contributed by atoms with van der Waals surface area (Å²) >= 11 is 1.75. The fourth-order valence-electron chi connectivity index (χ4n) is 2.27. The van der Waals surface area contributed by atoms with Crippen molar-refractivity contribution in [1.29, 1.82) is 0 Å². The summed E-state index contributed by atoms with van der Waals surface area (Å²) in [6.45, 7) is 2.69. The number of hydrogen-bond donors (Lipinski definition) is 2. The van der Waals surface area contributed by atoms with E-state index >= 15 is 0 Å². The van der Waals surface area contributed by atoms with Crippen LogP contribution < -0.4 is 10.6 Å².